The third kappa shape index (κ3) is 3.22. The van der Waals surface area contributed by atoms with E-state index >= 15 is 0 Å². The number of hydrogen-bond donors (Lipinski definition) is 2. The number of nitrogens with one attached hydrogen (secondary N) is 1. The van der Waals surface area contributed by atoms with E-state index < -0.39 is 0 Å². The Morgan fingerprint density at radius 3 is 2.53 bits per heavy atom. The molecule has 0 saturated heterocycles. The lowest BCUT2D eigenvalue weighted by Gasteiger charge is -2.13. The van der Waals surface area contributed by atoms with Gasteiger partial charge in [0.15, 0.2) is 5.78 Å². The molecule has 1 atom stereocenters. The normalized spacial score (nSPS) is 11.9. The number of ketones is 1. The first-order valence-electron chi connectivity index (χ1n) is 4.78. The largest absolute Gasteiger partial charge is 0.394 e. The second-order valence-electron chi connectivity index (χ2n) is 3.30. The molecule has 0 aliphatic carbocycles. The standard InChI is InChI=1S/C12H15NO2/c1-3-11(8-14)13-12-6-4-10(5-7-12)9(2)15/h3-7,11,13-14H,1,8H2,2H3. The Bertz CT molecular complexity index is 343. The SMILES string of the molecule is C=CC(CO)Nc1ccc(C(C)=O)cc1. The van der Waals surface area contributed by atoms with E-state index in [4.69, 9.17) is 5.11 Å². The van der Waals surface area contributed by atoms with Crippen molar-refractivity contribution in [1.82, 2.24) is 0 Å². The molecule has 0 saturated carbocycles. The minimum absolute atomic E-state index is 0.00202. The summed E-state index contributed by atoms with van der Waals surface area (Å²) in [6.07, 6.45) is 1.64. The van der Waals surface area contributed by atoms with Gasteiger partial charge in [-0.3, -0.25) is 4.79 Å². The van der Waals surface area contributed by atoms with Crippen LogP contribution in [0.4, 0.5) is 5.69 Å². The van der Waals surface area contributed by atoms with Crippen LogP contribution in [-0.4, -0.2) is 23.5 Å². The van der Waals surface area contributed by atoms with E-state index in [0.717, 1.165) is 5.69 Å². The molecular formula is C12H15NO2. The summed E-state index contributed by atoms with van der Waals surface area (Å²) < 4.78 is 0. The third-order valence-electron chi connectivity index (χ3n) is 2.12. The minimum atomic E-state index is -0.159. The molecule has 0 fully saturated rings. The highest BCUT2D eigenvalue weighted by Crippen LogP contribution is 2.11. The van der Waals surface area contributed by atoms with Crippen molar-refractivity contribution in [1.29, 1.82) is 0 Å². The Labute approximate surface area is 89.4 Å². The van der Waals surface area contributed by atoms with Crippen molar-refractivity contribution in [2.75, 3.05) is 11.9 Å². The predicted octanol–water partition coefficient (Wildman–Crippen LogP) is 1.85. The molecule has 15 heavy (non-hydrogen) atoms. The van der Waals surface area contributed by atoms with E-state index in [9.17, 15) is 4.79 Å². The molecule has 0 spiro atoms. The van der Waals surface area contributed by atoms with Gasteiger partial charge in [0.2, 0.25) is 0 Å². The molecular weight excluding hydrogens is 190 g/mol. The zero-order chi connectivity index (χ0) is 11.3. The Morgan fingerprint density at radius 2 is 2.13 bits per heavy atom. The highest BCUT2D eigenvalue weighted by Gasteiger charge is 2.02. The molecule has 1 aromatic carbocycles. The molecule has 0 radical (unpaired) electrons. The Kier molecular flexibility index (Phi) is 4.06. The van der Waals surface area contributed by atoms with Crippen LogP contribution in [0, 0.1) is 0 Å². The molecule has 0 amide bonds. The summed E-state index contributed by atoms with van der Waals surface area (Å²) in [5.41, 5.74) is 1.54. The Morgan fingerprint density at radius 1 is 1.53 bits per heavy atom. The molecule has 3 nitrogen and oxygen atoms in total. The van der Waals surface area contributed by atoms with Crippen molar-refractivity contribution in [3.63, 3.8) is 0 Å². The minimum Gasteiger partial charge on any atom is -0.394 e. The van der Waals surface area contributed by atoms with Crippen LogP contribution < -0.4 is 5.32 Å². The third-order valence-corrected chi connectivity index (χ3v) is 2.12. The van der Waals surface area contributed by atoms with Crippen molar-refractivity contribution >= 4 is 11.5 Å². The monoisotopic (exact) mass is 205 g/mol. The lowest BCUT2D eigenvalue weighted by atomic mass is 10.1. The van der Waals surface area contributed by atoms with Gasteiger partial charge in [-0.2, -0.15) is 0 Å². The number of aliphatic hydroxyl groups excluding tert-OH is 1. The van der Waals surface area contributed by atoms with Gasteiger partial charge in [0.05, 0.1) is 12.6 Å². The molecule has 0 aliphatic rings. The van der Waals surface area contributed by atoms with E-state index in [-0.39, 0.29) is 18.4 Å². The van der Waals surface area contributed by atoms with E-state index in [1.165, 1.54) is 6.92 Å². The average molecular weight is 205 g/mol. The van der Waals surface area contributed by atoms with Gasteiger partial charge in [0.25, 0.3) is 0 Å². The fourth-order valence-corrected chi connectivity index (χ4v) is 1.19. The summed E-state index contributed by atoms with van der Waals surface area (Å²) in [7, 11) is 0. The van der Waals surface area contributed by atoms with Gasteiger partial charge in [0.1, 0.15) is 0 Å². The van der Waals surface area contributed by atoms with Crippen molar-refractivity contribution < 1.29 is 9.90 Å². The van der Waals surface area contributed by atoms with Crippen molar-refractivity contribution in [2.24, 2.45) is 0 Å². The maximum Gasteiger partial charge on any atom is 0.159 e. The zero-order valence-corrected chi connectivity index (χ0v) is 8.73. The molecule has 1 unspecified atom stereocenters. The molecule has 1 aromatic rings. The first kappa shape index (κ1) is 11.5. The number of hydrogen-bond acceptors (Lipinski definition) is 3. The van der Waals surface area contributed by atoms with Crippen LogP contribution in [0.3, 0.4) is 0 Å². The van der Waals surface area contributed by atoms with Gasteiger partial charge in [-0.15, -0.1) is 6.58 Å². The summed E-state index contributed by atoms with van der Waals surface area (Å²) >= 11 is 0. The second kappa shape index (κ2) is 5.32. The number of carbonyl (C=O) groups excluding carboxylic acids is 1. The first-order valence-corrected chi connectivity index (χ1v) is 4.78. The lowest BCUT2D eigenvalue weighted by molar-refractivity contribution is 0.101. The number of aliphatic hydroxyl groups is 1. The van der Waals surface area contributed by atoms with Gasteiger partial charge in [-0.05, 0) is 31.2 Å². The van der Waals surface area contributed by atoms with Gasteiger partial charge < -0.3 is 10.4 Å². The van der Waals surface area contributed by atoms with Crippen molar-refractivity contribution in [3.8, 4) is 0 Å². The maximum absolute atomic E-state index is 11.0. The quantitative estimate of drug-likeness (QED) is 0.569. The van der Waals surface area contributed by atoms with Gasteiger partial charge >= 0.3 is 0 Å². The van der Waals surface area contributed by atoms with Gasteiger partial charge in [-0.25, -0.2) is 0 Å². The highest BCUT2D eigenvalue weighted by atomic mass is 16.3. The predicted molar refractivity (Wildman–Crippen MR) is 61.1 cm³/mol. The van der Waals surface area contributed by atoms with Crippen LogP contribution >= 0.6 is 0 Å². The van der Waals surface area contributed by atoms with Crippen LogP contribution in [0.15, 0.2) is 36.9 Å². The van der Waals surface area contributed by atoms with E-state index in [0.29, 0.717) is 5.56 Å². The van der Waals surface area contributed by atoms with Crippen LogP contribution in [0.1, 0.15) is 17.3 Å². The molecule has 0 heterocycles. The van der Waals surface area contributed by atoms with Crippen LogP contribution in [0.2, 0.25) is 0 Å². The van der Waals surface area contributed by atoms with Gasteiger partial charge in [0, 0.05) is 11.3 Å². The Hall–Kier alpha value is -1.61. The van der Waals surface area contributed by atoms with Crippen molar-refractivity contribution in [3.05, 3.63) is 42.5 Å². The Balaban J connectivity index is 2.71. The topological polar surface area (TPSA) is 49.3 Å². The smallest absolute Gasteiger partial charge is 0.159 e. The van der Waals surface area contributed by atoms with Crippen molar-refractivity contribution in [2.45, 2.75) is 13.0 Å². The van der Waals surface area contributed by atoms with E-state index in [2.05, 4.69) is 11.9 Å². The summed E-state index contributed by atoms with van der Waals surface area (Å²) in [6, 6.07) is 6.96. The van der Waals surface area contributed by atoms with E-state index in [1.54, 1.807) is 18.2 Å². The van der Waals surface area contributed by atoms with Crippen LogP contribution in [0.5, 0.6) is 0 Å². The zero-order valence-electron chi connectivity index (χ0n) is 8.73. The fraction of sp³-hybridized carbons (Fsp3) is 0.250. The molecule has 0 aliphatic heterocycles. The number of anilines is 1. The number of carbonyl (C=O) groups is 1. The summed E-state index contributed by atoms with van der Waals surface area (Å²) in [5.74, 6) is 0.0454. The summed E-state index contributed by atoms with van der Waals surface area (Å²) in [6.45, 7) is 5.13. The summed E-state index contributed by atoms with van der Waals surface area (Å²) in [5, 5.41) is 12.0. The van der Waals surface area contributed by atoms with Gasteiger partial charge in [-0.1, -0.05) is 6.08 Å². The van der Waals surface area contributed by atoms with E-state index in [1.807, 2.05) is 12.1 Å². The fourth-order valence-electron chi connectivity index (χ4n) is 1.19. The number of benzene rings is 1. The lowest BCUT2D eigenvalue weighted by Crippen LogP contribution is -2.20. The van der Waals surface area contributed by atoms with Crippen LogP contribution in [-0.2, 0) is 0 Å². The molecule has 2 N–H and O–H groups in total. The molecule has 3 heteroatoms. The highest BCUT2D eigenvalue weighted by molar-refractivity contribution is 5.94. The summed E-state index contributed by atoms with van der Waals surface area (Å²) in [4.78, 5) is 11.0. The molecule has 0 aromatic heterocycles. The molecule has 1 rings (SSSR count). The van der Waals surface area contributed by atoms with Crippen LogP contribution in [0.25, 0.3) is 0 Å². The number of Topliss-reactive ketones (excluding diaryl/α,β-unsaturated/α-hetero) is 1. The maximum atomic E-state index is 11.0. The number of rotatable bonds is 5. The molecule has 0 bridgehead atoms. The molecule has 80 valence electrons. The first-order chi connectivity index (χ1) is 7.17. The average Bonchev–Trinajstić information content (AvgIpc) is 2.26. The second-order valence-corrected chi connectivity index (χ2v) is 3.30.